The van der Waals surface area contributed by atoms with Crippen LogP contribution < -0.4 is 0 Å². The van der Waals surface area contributed by atoms with E-state index in [-0.39, 0.29) is 5.75 Å². The van der Waals surface area contributed by atoms with Crippen molar-refractivity contribution in [3.8, 4) is 0 Å². The summed E-state index contributed by atoms with van der Waals surface area (Å²) >= 11 is 0. The van der Waals surface area contributed by atoms with Crippen LogP contribution in [0.4, 0.5) is 0 Å². The summed E-state index contributed by atoms with van der Waals surface area (Å²) in [5.74, 6) is 4.41. The highest BCUT2D eigenvalue weighted by Crippen LogP contribution is 2.57. The summed E-state index contributed by atoms with van der Waals surface area (Å²) in [5, 5.41) is 0. The van der Waals surface area contributed by atoms with E-state index in [1.54, 1.807) is 0 Å². The predicted octanol–water partition coefficient (Wildman–Crippen LogP) is 2.73. The molecule has 0 heterocycles. The molecule has 0 spiro atoms. The fourth-order valence-electron chi connectivity index (χ4n) is 5.01. The molecule has 3 nitrogen and oxygen atoms in total. The van der Waals surface area contributed by atoms with Crippen molar-refractivity contribution in [1.82, 2.24) is 0 Å². The molecule has 0 atom stereocenters. The number of hydrogen-bond acceptors (Lipinski definition) is 2. The first kappa shape index (κ1) is 12.0. The van der Waals surface area contributed by atoms with Crippen molar-refractivity contribution in [3.63, 3.8) is 0 Å². The Morgan fingerprint density at radius 2 is 1.47 bits per heavy atom. The Kier molecular flexibility index (Phi) is 2.98. The summed E-state index contributed by atoms with van der Waals surface area (Å²) in [4.78, 5) is 0. The first-order valence-electron chi connectivity index (χ1n) is 6.96. The van der Waals surface area contributed by atoms with Crippen molar-refractivity contribution in [2.24, 2.45) is 29.6 Å². The van der Waals surface area contributed by atoms with Crippen LogP contribution in [0.25, 0.3) is 0 Å². The lowest BCUT2D eigenvalue weighted by Crippen LogP contribution is -2.45. The quantitative estimate of drug-likeness (QED) is 0.789. The van der Waals surface area contributed by atoms with Crippen LogP contribution in [-0.4, -0.2) is 18.7 Å². The highest BCUT2D eigenvalue weighted by molar-refractivity contribution is 7.85. The minimum Gasteiger partial charge on any atom is -0.286 e. The summed E-state index contributed by atoms with van der Waals surface area (Å²) in [6, 6.07) is 0. The maximum atomic E-state index is 10.7. The molecule has 0 amide bonds. The molecule has 0 unspecified atom stereocenters. The molecule has 4 bridgehead atoms. The lowest BCUT2D eigenvalue weighted by Gasteiger charge is -2.54. The first-order valence-corrected chi connectivity index (χ1v) is 8.57. The van der Waals surface area contributed by atoms with Gasteiger partial charge in [0.05, 0.1) is 5.75 Å². The Balaban J connectivity index is 1.57. The Morgan fingerprint density at radius 1 is 0.941 bits per heavy atom. The van der Waals surface area contributed by atoms with Crippen LogP contribution >= 0.6 is 0 Å². The van der Waals surface area contributed by atoms with Gasteiger partial charge in [-0.3, -0.25) is 4.55 Å². The molecule has 0 aromatic heterocycles. The number of hydrogen-bond donors (Lipinski definition) is 1. The molecule has 4 heteroatoms. The third-order valence-electron chi connectivity index (χ3n) is 5.36. The highest BCUT2D eigenvalue weighted by atomic mass is 32.2. The standard InChI is InChI=1S/C13H22O3S/c14-17(15,16)3-1-2-13-11-5-9-4-10(7-11)8-12(13)6-9/h9-13H,1-8H2,(H,14,15,16). The summed E-state index contributed by atoms with van der Waals surface area (Å²) in [7, 11) is -3.75. The molecular formula is C13H22O3S. The van der Waals surface area contributed by atoms with Crippen LogP contribution in [0.15, 0.2) is 0 Å². The van der Waals surface area contributed by atoms with Gasteiger partial charge in [0.2, 0.25) is 0 Å². The minimum absolute atomic E-state index is 0.0458. The minimum atomic E-state index is -3.75. The van der Waals surface area contributed by atoms with Gasteiger partial charge in [0.1, 0.15) is 0 Å². The molecule has 0 saturated heterocycles. The van der Waals surface area contributed by atoms with Gasteiger partial charge in [-0.2, -0.15) is 8.42 Å². The summed E-state index contributed by atoms with van der Waals surface area (Å²) in [5.41, 5.74) is 0. The molecule has 4 saturated carbocycles. The topological polar surface area (TPSA) is 54.4 Å². The van der Waals surface area contributed by atoms with E-state index in [1.165, 1.54) is 32.1 Å². The Labute approximate surface area is 104 Å². The average Bonchev–Trinajstić information content (AvgIpc) is 2.19. The van der Waals surface area contributed by atoms with Crippen LogP contribution in [0.2, 0.25) is 0 Å². The Hall–Kier alpha value is -0.0900. The van der Waals surface area contributed by atoms with Gasteiger partial charge in [0, 0.05) is 0 Å². The van der Waals surface area contributed by atoms with Gasteiger partial charge in [-0.1, -0.05) is 0 Å². The molecule has 4 rings (SSSR count). The van der Waals surface area contributed by atoms with Crippen molar-refractivity contribution in [2.75, 3.05) is 5.75 Å². The molecule has 0 aliphatic heterocycles. The van der Waals surface area contributed by atoms with Crippen LogP contribution in [0, 0.1) is 29.6 Å². The predicted molar refractivity (Wildman–Crippen MR) is 66.2 cm³/mol. The summed E-state index contributed by atoms with van der Waals surface area (Å²) < 4.78 is 30.2. The fraction of sp³-hybridized carbons (Fsp3) is 1.00. The molecule has 4 aliphatic rings. The Bertz CT molecular complexity index is 359. The molecule has 1 N–H and O–H groups in total. The van der Waals surface area contributed by atoms with Crippen molar-refractivity contribution in [3.05, 3.63) is 0 Å². The maximum absolute atomic E-state index is 10.7. The summed E-state index contributed by atoms with van der Waals surface area (Å²) in [6.45, 7) is 0. The van der Waals surface area contributed by atoms with Gasteiger partial charge >= 0.3 is 0 Å². The molecule has 17 heavy (non-hydrogen) atoms. The smallest absolute Gasteiger partial charge is 0.264 e. The van der Waals surface area contributed by atoms with Crippen LogP contribution in [-0.2, 0) is 10.1 Å². The van der Waals surface area contributed by atoms with E-state index in [0.717, 1.165) is 36.0 Å². The number of rotatable bonds is 4. The third-order valence-corrected chi connectivity index (χ3v) is 6.17. The molecule has 0 radical (unpaired) electrons. The second-order valence-corrected chi connectivity index (χ2v) is 8.09. The van der Waals surface area contributed by atoms with E-state index >= 15 is 0 Å². The van der Waals surface area contributed by atoms with Crippen molar-refractivity contribution in [2.45, 2.75) is 44.9 Å². The van der Waals surface area contributed by atoms with Crippen molar-refractivity contribution >= 4 is 10.1 Å². The van der Waals surface area contributed by atoms with E-state index in [1.807, 2.05) is 0 Å². The molecule has 0 aromatic rings. The van der Waals surface area contributed by atoms with E-state index < -0.39 is 10.1 Å². The van der Waals surface area contributed by atoms with E-state index in [2.05, 4.69) is 0 Å². The molecule has 98 valence electrons. The Morgan fingerprint density at radius 3 is 1.94 bits per heavy atom. The molecule has 0 aromatic carbocycles. The summed E-state index contributed by atoms with van der Waals surface area (Å²) in [6.07, 6.45) is 8.69. The first-order chi connectivity index (χ1) is 8.01. The SMILES string of the molecule is O=S(=O)(O)CCCC1C2CC3CC(C2)CC1C3. The second-order valence-electron chi connectivity index (χ2n) is 6.52. The lowest BCUT2D eigenvalue weighted by molar-refractivity contribution is -0.0397. The van der Waals surface area contributed by atoms with Gasteiger partial charge in [-0.05, 0) is 74.5 Å². The maximum Gasteiger partial charge on any atom is 0.264 e. The van der Waals surface area contributed by atoms with Crippen LogP contribution in [0.5, 0.6) is 0 Å². The zero-order valence-electron chi connectivity index (χ0n) is 10.2. The average molecular weight is 258 g/mol. The third kappa shape index (κ3) is 2.53. The van der Waals surface area contributed by atoms with E-state index in [9.17, 15) is 8.42 Å². The van der Waals surface area contributed by atoms with E-state index in [4.69, 9.17) is 4.55 Å². The van der Waals surface area contributed by atoms with E-state index in [0.29, 0.717) is 6.42 Å². The molecular weight excluding hydrogens is 236 g/mol. The molecule has 4 fully saturated rings. The molecule has 4 aliphatic carbocycles. The normalized spacial score (nSPS) is 44.2. The highest BCUT2D eigenvalue weighted by Gasteiger charge is 2.47. The van der Waals surface area contributed by atoms with Gasteiger partial charge in [0.15, 0.2) is 0 Å². The zero-order chi connectivity index (χ0) is 12.0. The van der Waals surface area contributed by atoms with Crippen molar-refractivity contribution in [1.29, 1.82) is 0 Å². The second kappa shape index (κ2) is 4.23. The fourth-order valence-corrected chi connectivity index (χ4v) is 5.54. The van der Waals surface area contributed by atoms with Gasteiger partial charge in [-0.15, -0.1) is 0 Å². The van der Waals surface area contributed by atoms with Crippen molar-refractivity contribution < 1.29 is 13.0 Å². The van der Waals surface area contributed by atoms with Crippen LogP contribution in [0.3, 0.4) is 0 Å². The monoisotopic (exact) mass is 258 g/mol. The van der Waals surface area contributed by atoms with Gasteiger partial charge in [0.25, 0.3) is 10.1 Å². The van der Waals surface area contributed by atoms with Crippen LogP contribution in [0.1, 0.15) is 44.9 Å². The largest absolute Gasteiger partial charge is 0.286 e. The zero-order valence-corrected chi connectivity index (χ0v) is 11.0. The lowest BCUT2D eigenvalue weighted by atomic mass is 9.51. The van der Waals surface area contributed by atoms with Gasteiger partial charge < -0.3 is 0 Å². The van der Waals surface area contributed by atoms with Gasteiger partial charge in [-0.25, -0.2) is 0 Å².